The highest BCUT2D eigenvalue weighted by molar-refractivity contribution is 9.11. The summed E-state index contributed by atoms with van der Waals surface area (Å²) in [5, 5.41) is 9.52. The second kappa shape index (κ2) is 8.35. The van der Waals surface area contributed by atoms with E-state index in [2.05, 4.69) is 41.6 Å². The number of alkyl halides is 2. The Labute approximate surface area is 159 Å². The van der Waals surface area contributed by atoms with E-state index < -0.39 is 24.3 Å². The van der Waals surface area contributed by atoms with Crippen LogP contribution < -0.4 is 4.74 Å². The molecule has 0 aromatic heterocycles. The Bertz CT molecular complexity index is 720. The highest BCUT2D eigenvalue weighted by atomic mass is 79.9. The summed E-state index contributed by atoms with van der Waals surface area (Å²) >= 11 is 6.14. The van der Waals surface area contributed by atoms with E-state index >= 15 is 0 Å². The molecule has 2 rings (SSSR count). The standard InChI is InChI=1S/C16H15Br2F2NO4/c1-2-10(21-7-3-4-7)11(15(23)24)13(22)8-5-6-9(17)14(12(8)18)25-16(19)20/h5-7,11,16H,2-4H2,1H3,(H,23,24). The lowest BCUT2D eigenvalue weighted by atomic mass is 9.91. The number of hydrogen-bond donors (Lipinski definition) is 1. The van der Waals surface area contributed by atoms with Gasteiger partial charge in [0.1, 0.15) is 0 Å². The molecule has 1 unspecified atom stereocenters. The average Bonchev–Trinajstić information content (AvgIpc) is 3.34. The van der Waals surface area contributed by atoms with Crippen LogP contribution in [0.5, 0.6) is 5.75 Å². The molecule has 0 saturated heterocycles. The maximum absolute atomic E-state index is 12.8. The summed E-state index contributed by atoms with van der Waals surface area (Å²) in [5.74, 6) is -3.77. The van der Waals surface area contributed by atoms with Crippen LogP contribution in [0.1, 0.15) is 36.5 Å². The van der Waals surface area contributed by atoms with Crippen molar-refractivity contribution in [1.82, 2.24) is 0 Å². The fraction of sp³-hybridized carbons (Fsp3) is 0.438. The molecular weight excluding hydrogens is 468 g/mol. The van der Waals surface area contributed by atoms with E-state index in [0.29, 0.717) is 6.42 Å². The fourth-order valence-electron chi connectivity index (χ4n) is 2.29. The number of halogens is 4. The SMILES string of the molecule is CCC(=NC1CC1)C(C(=O)O)C(=O)c1ccc(Br)c(OC(F)F)c1Br. The second-order valence-electron chi connectivity index (χ2n) is 5.46. The number of rotatable bonds is 8. The summed E-state index contributed by atoms with van der Waals surface area (Å²) in [4.78, 5) is 28.8. The number of carboxylic acid groups (broad SMARTS) is 1. The quantitative estimate of drug-likeness (QED) is 0.330. The Hall–Kier alpha value is -1.35. The van der Waals surface area contributed by atoms with Gasteiger partial charge >= 0.3 is 12.6 Å². The Balaban J connectivity index is 2.44. The van der Waals surface area contributed by atoms with Crippen LogP contribution in [0.15, 0.2) is 26.1 Å². The van der Waals surface area contributed by atoms with Crippen LogP contribution in [-0.2, 0) is 4.79 Å². The van der Waals surface area contributed by atoms with E-state index in [-0.39, 0.29) is 32.0 Å². The zero-order chi connectivity index (χ0) is 18.7. The molecule has 0 bridgehead atoms. The van der Waals surface area contributed by atoms with Crippen molar-refractivity contribution in [3.63, 3.8) is 0 Å². The Kier molecular flexibility index (Phi) is 6.67. The van der Waals surface area contributed by atoms with Gasteiger partial charge < -0.3 is 9.84 Å². The lowest BCUT2D eigenvalue weighted by Gasteiger charge is -2.17. The highest BCUT2D eigenvalue weighted by Gasteiger charge is 2.35. The molecule has 25 heavy (non-hydrogen) atoms. The number of benzene rings is 1. The van der Waals surface area contributed by atoms with E-state index in [4.69, 9.17) is 0 Å². The number of Topliss-reactive ketones (excluding diaryl/α,β-unsaturated/α-hetero) is 1. The third-order valence-electron chi connectivity index (χ3n) is 3.62. The van der Waals surface area contributed by atoms with Crippen LogP contribution >= 0.6 is 31.9 Å². The van der Waals surface area contributed by atoms with Gasteiger partial charge in [0.05, 0.1) is 15.0 Å². The molecule has 1 aromatic rings. The predicted octanol–water partition coefficient (Wildman–Crippen LogP) is 4.71. The normalized spacial score (nSPS) is 16.0. The molecule has 136 valence electrons. The van der Waals surface area contributed by atoms with Gasteiger partial charge in [0, 0.05) is 11.3 Å². The molecule has 1 aliphatic rings. The molecule has 1 atom stereocenters. The van der Waals surface area contributed by atoms with E-state index in [9.17, 15) is 23.5 Å². The van der Waals surface area contributed by atoms with Gasteiger partial charge in [0.15, 0.2) is 17.5 Å². The van der Waals surface area contributed by atoms with Gasteiger partial charge in [-0.05, 0) is 63.3 Å². The van der Waals surface area contributed by atoms with Crippen molar-refractivity contribution in [1.29, 1.82) is 0 Å². The van der Waals surface area contributed by atoms with Crippen LogP contribution in [0.4, 0.5) is 8.78 Å². The van der Waals surface area contributed by atoms with E-state index in [1.807, 2.05) is 0 Å². The first kappa shape index (κ1) is 20.0. The molecular formula is C16H15Br2F2NO4. The number of nitrogens with zero attached hydrogens (tertiary/aromatic N) is 1. The number of carboxylic acids is 1. The summed E-state index contributed by atoms with van der Waals surface area (Å²) in [7, 11) is 0. The molecule has 0 amide bonds. The molecule has 1 fully saturated rings. The van der Waals surface area contributed by atoms with Crippen molar-refractivity contribution in [3.8, 4) is 5.75 Å². The third kappa shape index (κ3) is 4.84. The lowest BCUT2D eigenvalue weighted by molar-refractivity contribution is -0.138. The van der Waals surface area contributed by atoms with Crippen LogP contribution in [-0.4, -0.2) is 35.2 Å². The van der Waals surface area contributed by atoms with Crippen LogP contribution in [0, 0.1) is 5.92 Å². The molecule has 9 heteroatoms. The molecule has 0 spiro atoms. The molecule has 1 aromatic carbocycles. The van der Waals surface area contributed by atoms with Crippen molar-refractivity contribution >= 4 is 49.3 Å². The maximum atomic E-state index is 12.8. The number of ether oxygens (including phenoxy) is 1. The molecule has 0 heterocycles. The number of carbonyl (C=O) groups excluding carboxylic acids is 1. The smallest absolute Gasteiger partial charge is 0.387 e. The average molecular weight is 483 g/mol. The predicted molar refractivity (Wildman–Crippen MR) is 94.7 cm³/mol. The Morgan fingerprint density at radius 1 is 1.36 bits per heavy atom. The largest absolute Gasteiger partial charge is 0.480 e. The minimum Gasteiger partial charge on any atom is -0.480 e. The first-order valence-corrected chi connectivity index (χ1v) is 9.11. The van der Waals surface area contributed by atoms with Gasteiger partial charge in [-0.15, -0.1) is 0 Å². The van der Waals surface area contributed by atoms with Gasteiger partial charge in [0.25, 0.3) is 0 Å². The van der Waals surface area contributed by atoms with Gasteiger partial charge in [0.2, 0.25) is 0 Å². The zero-order valence-corrected chi connectivity index (χ0v) is 16.3. The van der Waals surface area contributed by atoms with Crippen LogP contribution in [0.3, 0.4) is 0 Å². The zero-order valence-electron chi connectivity index (χ0n) is 13.1. The molecule has 0 aliphatic heterocycles. The number of hydrogen-bond acceptors (Lipinski definition) is 4. The van der Waals surface area contributed by atoms with Crippen molar-refractivity contribution in [2.45, 2.75) is 38.8 Å². The van der Waals surface area contributed by atoms with Gasteiger partial charge in [-0.25, -0.2) is 0 Å². The Morgan fingerprint density at radius 3 is 2.48 bits per heavy atom. The molecule has 1 aliphatic carbocycles. The van der Waals surface area contributed by atoms with Crippen LogP contribution in [0.25, 0.3) is 0 Å². The Morgan fingerprint density at radius 2 is 2.00 bits per heavy atom. The van der Waals surface area contributed by atoms with Crippen LogP contribution in [0.2, 0.25) is 0 Å². The fourth-order valence-corrected chi connectivity index (χ4v) is 3.61. The van der Waals surface area contributed by atoms with E-state index in [1.54, 1.807) is 6.92 Å². The number of aliphatic imine (C=N–C) groups is 1. The number of carbonyl (C=O) groups is 2. The number of ketones is 1. The number of aliphatic carboxylic acids is 1. The van der Waals surface area contributed by atoms with Crippen molar-refractivity contribution < 1.29 is 28.2 Å². The lowest BCUT2D eigenvalue weighted by Crippen LogP contribution is -2.32. The van der Waals surface area contributed by atoms with Gasteiger partial charge in [-0.1, -0.05) is 6.92 Å². The minimum absolute atomic E-state index is 0.0275. The van der Waals surface area contributed by atoms with Gasteiger partial charge in [-0.2, -0.15) is 8.78 Å². The molecule has 0 radical (unpaired) electrons. The van der Waals surface area contributed by atoms with Gasteiger partial charge in [-0.3, -0.25) is 14.6 Å². The minimum atomic E-state index is -3.09. The third-order valence-corrected chi connectivity index (χ3v) is 5.03. The summed E-state index contributed by atoms with van der Waals surface area (Å²) in [6.45, 7) is -1.36. The first-order valence-electron chi connectivity index (χ1n) is 7.52. The summed E-state index contributed by atoms with van der Waals surface area (Å²) in [6, 6.07) is 2.78. The van der Waals surface area contributed by atoms with Crippen molar-refractivity contribution in [2.24, 2.45) is 10.9 Å². The first-order chi connectivity index (χ1) is 11.8. The molecule has 1 saturated carbocycles. The monoisotopic (exact) mass is 481 g/mol. The second-order valence-corrected chi connectivity index (χ2v) is 7.10. The molecule has 1 N–H and O–H groups in total. The topological polar surface area (TPSA) is 76.0 Å². The summed E-state index contributed by atoms with van der Waals surface area (Å²) in [5.41, 5.74) is 0.231. The highest BCUT2D eigenvalue weighted by Crippen LogP contribution is 2.38. The molecule has 5 nitrogen and oxygen atoms in total. The maximum Gasteiger partial charge on any atom is 0.387 e. The van der Waals surface area contributed by atoms with E-state index in [1.165, 1.54) is 12.1 Å². The van der Waals surface area contributed by atoms with E-state index in [0.717, 1.165) is 12.8 Å². The van der Waals surface area contributed by atoms with Crippen molar-refractivity contribution in [2.75, 3.05) is 0 Å². The summed E-state index contributed by atoms with van der Waals surface area (Å²) in [6.07, 6.45) is 2.06. The summed E-state index contributed by atoms with van der Waals surface area (Å²) < 4.78 is 29.7. The van der Waals surface area contributed by atoms with Crippen molar-refractivity contribution in [3.05, 3.63) is 26.6 Å².